The van der Waals surface area contributed by atoms with Gasteiger partial charge in [0.2, 0.25) is 0 Å². The monoisotopic (exact) mass is 283 g/mol. The quantitative estimate of drug-likeness (QED) is 0.912. The van der Waals surface area contributed by atoms with Crippen molar-refractivity contribution in [2.24, 2.45) is 0 Å². The molecule has 1 heterocycles. The molecule has 1 saturated heterocycles. The maximum absolute atomic E-state index is 9.76. The molecule has 1 N–H and O–H groups in total. The van der Waals surface area contributed by atoms with Crippen molar-refractivity contribution < 1.29 is 9.84 Å². The second-order valence-electron chi connectivity index (χ2n) is 5.29. The summed E-state index contributed by atoms with van der Waals surface area (Å²) in [5.41, 5.74) is 1.09. The number of methoxy groups -OCH3 is 1. The van der Waals surface area contributed by atoms with Crippen LogP contribution in [0.5, 0.6) is 11.5 Å². The fourth-order valence-corrected chi connectivity index (χ4v) is 3.17. The van der Waals surface area contributed by atoms with E-state index in [1.807, 2.05) is 12.1 Å². The average Bonchev–Trinajstić information content (AvgIpc) is 2.74. The van der Waals surface area contributed by atoms with Crippen LogP contribution >= 0.6 is 11.6 Å². The van der Waals surface area contributed by atoms with Crippen molar-refractivity contribution >= 4 is 11.6 Å². The van der Waals surface area contributed by atoms with Gasteiger partial charge in [-0.3, -0.25) is 4.90 Å². The summed E-state index contributed by atoms with van der Waals surface area (Å²) >= 11 is 6.04. The van der Waals surface area contributed by atoms with Gasteiger partial charge >= 0.3 is 0 Å². The van der Waals surface area contributed by atoms with Gasteiger partial charge in [-0.1, -0.05) is 18.5 Å². The van der Waals surface area contributed by atoms with Crippen LogP contribution in [0.2, 0.25) is 5.02 Å². The van der Waals surface area contributed by atoms with E-state index in [1.165, 1.54) is 19.3 Å². The summed E-state index contributed by atoms with van der Waals surface area (Å²) < 4.78 is 5.16. The van der Waals surface area contributed by atoms with Crippen LogP contribution in [0, 0.1) is 0 Å². The molecule has 2 unspecified atom stereocenters. The van der Waals surface area contributed by atoms with Gasteiger partial charge in [-0.15, -0.1) is 0 Å². The lowest BCUT2D eigenvalue weighted by atomic mass is 10.1. The first-order valence-electron chi connectivity index (χ1n) is 6.88. The van der Waals surface area contributed by atoms with Crippen LogP contribution in [0.1, 0.15) is 38.7 Å². The maximum Gasteiger partial charge on any atom is 0.176 e. The Balaban J connectivity index is 2.21. The first-order valence-corrected chi connectivity index (χ1v) is 7.25. The molecule has 0 bridgehead atoms. The SMILES string of the molecule is CCC1CCC(C)N1Cc1cc(Cl)c(O)c(OC)c1. The molecular weight excluding hydrogens is 262 g/mol. The number of nitrogens with zero attached hydrogens (tertiary/aromatic N) is 1. The van der Waals surface area contributed by atoms with Gasteiger partial charge in [-0.05, 0) is 43.9 Å². The molecule has 2 rings (SSSR count). The molecule has 1 aliphatic heterocycles. The lowest BCUT2D eigenvalue weighted by molar-refractivity contribution is 0.189. The van der Waals surface area contributed by atoms with Gasteiger partial charge in [0.1, 0.15) is 0 Å². The van der Waals surface area contributed by atoms with Gasteiger partial charge in [-0.2, -0.15) is 0 Å². The summed E-state index contributed by atoms with van der Waals surface area (Å²) in [5.74, 6) is 0.469. The molecule has 2 atom stereocenters. The number of phenolic OH excluding ortho intramolecular Hbond substituents is 1. The first kappa shape index (κ1) is 14.5. The van der Waals surface area contributed by atoms with Gasteiger partial charge < -0.3 is 9.84 Å². The maximum atomic E-state index is 9.76. The molecule has 1 fully saturated rings. The summed E-state index contributed by atoms with van der Waals surface area (Å²) in [7, 11) is 1.54. The second-order valence-corrected chi connectivity index (χ2v) is 5.70. The Labute approximate surface area is 120 Å². The molecule has 0 amide bonds. The standard InChI is InChI=1S/C15H22ClNO2/c1-4-12-6-5-10(2)17(12)9-11-7-13(16)15(18)14(8-11)19-3/h7-8,10,12,18H,4-6,9H2,1-3H3. The number of likely N-dealkylation sites (tertiary alicyclic amines) is 1. The van der Waals surface area contributed by atoms with E-state index in [2.05, 4.69) is 18.7 Å². The highest BCUT2D eigenvalue weighted by molar-refractivity contribution is 6.32. The third-order valence-electron chi connectivity index (χ3n) is 4.10. The molecule has 1 aliphatic rings. The second kappa shape index (κ2) is 6.02. The highest BCUT2D eigenvalue weighted by Crippen LogP contribution is 2.36. The summed E-state index contributed by atoms with van der Waals surface area (Å²) in [5, 5.41) is 10.1. The van der Waals surface area contributed by atoms with Gasteiger partial charge in [0, 0.05) is 18.6 Å². The highest BCUT2D eigenvalue weighted by Gasteiger charge is 2.29. The summed E-state index contributed by atoms with van der Waals surface area (Å²) in [6, 6.07) is 4.95. The van der Waals surface area contributed by atoms with Crippen molar-refractivity contribution in [3.63, 3.8) is 0 Å². The molecule has 106 valence electrons. The average molecular weight is 284 g/mol. The number of phenols is 1. The Hall–Kier alpha value is -0.930. The van der Waals surface area contributed by atoms with Crippen LogP contribution in [0.4, 0.5) is 0 Å². The molecular formula is C15H22ClNO2. The van der Waals surface area contributed by atoms with Crippen LogP contribution < -0.4 is 4.74 Å². The third-order valence-corrected chi connectivity index (χ3v) is 4.39. The minimum Gasteiger partial charge on any atom is -0.503 e. The van der Waals surface area contributed by atoms with E-state index in [9.17, 15) is 5.11 Å². The van der Waals surface area contributed by atoms with Crippen molar-refractivity contribution in [3.05, 3.63) is 22.7 Å². The molecule has 1 aromatic carbocycles. The molecule has 1 aromatic rings. The molecule has 0 saturated carbocycles. The summed E-state index contributed by atoms with van der Waals surface area (Å²) in [6.07, 6.45) is 3.69. The molecule has 3 nitrogen and oxygen atoms in total. The Kier molecular flexibility index (Phi) is 4.58. The largest absolute Gasteiger partial charge is 0.503 e. The van der Waals surface area contributed by atoms with E-state index in [4.69, 9.17) is 16.3 Å². The predicted molar refractivity (Wildman–Crippen MR) is 78.0 cm³/mol. The normalized spacial score (nSPS) is 23.8. The Morgan fingerprint density at radius 1 is 1.42 bits per heavy atom. The summed E-state index contributed by atoms with van der Waals surface area (Å²) in [4.78, 5) is 2.52. The van der Waals surface area contributed by atoms with Crippen LogP contribution in [0.15, 0.2) is 12.1 Å². The van der Waals surface area contributed by atoms with E-state index in [0.29, 0.717) is 22.9 Å². The number of ether oxygens (including phenoxy) is 1. The van der Waals surface area contributed by atoms with E-state index in [1.54, 1.807) is 7.11 Å². The molecule has 0 aromatic heterocycles. The van der Waals surface area contributed by atoms with Crippen LogP contribution in [-0.4, -0.2) is 29.2 Å². The molecule has 19 heavy (non-hydrogen) atoms. The highest BCUT2D eigenvalue weighted by atomic mass is 35.5. The van der Waals surface area contributed by atoms with Gasteiger partial charge in [0.05, 0.1) is 12.1 Å². The van der Waals surface area contributed by atoms with E-state index >= 15 is 0 Å². The molecule has 0 radical (unpaired) electrons. The van der Waals surface area contributed by atoms with Crippen molar-refractivity contribution in [1.82, 2.24) is 4.90 Å². The smallest absolute Gasteiger partial charge is 0.176 e. The van der Waals surface area contributed by atoms with E-state index in [0.717, 1.165) is 12.1 Å². The molecule has 4 heteroatoms. The van der Waals surface area contributed by atoms with E-state index < -0.39 is 0 Å². The van der Waals surface area contributed by atoms with Gasteiger partial charge in [0.25, 0.3) is 0 Å². The number of benzene rings is 1. The predicted octanol–water partition coefficient (Wildman–Crippen LogP) is 3.82. The van der Waals surface area contributed by atoms with Crippen molar-refractivity contribution in [1.29, 1.82) is 0 Å². The lowest BCUT2D eigenvalue weighted by Gasteiger charge is -2.28. The lowest BCUT2D eigenvalue weighted by Crippen LogP contribution is -2.33. The zero-order chi connectivity index (χ0) is 14.0. The Bertz CT molecular complexity index is 450. The number of halogens is 1. The number of rotatable bonds is 4. The van der Waals surface area contributed by atoms with Gasteiger partial charge in [-0.25, -0.2) is 0 Å². The van der Waals surface area contributed by atoms with E-state index in [-0.39, 0.29) is 5.75 Å². The first-order chi connectivity index (χ1) is 9.06. The third kappa shape index (κ3) is 2.98. The Morgan fingerprint density at radius 2 is 2.16 bits per heavy atom. The number of hydrogen-bond acceptors (Lipinski definition) is 3. The van der Waals surface area contributed by atoms with Gasteiger partial charge in [0.15, 0.2) is 11.5 Å². The molecule has 0 aliphatic carbocycles. The van der Waals surface area contributed by atoms with Crippen LogP contribution in [0.3, 0.4) is 0 Å². The summed E-state index contributed by atoms with van der Waals surface area (Å²) in [6.45, 7) is 5.37. The fourth-order valence-electron chi connectivity index (χ4n) is 2.93. The molecule has 0 spiro atoms. The number of aromatic hydroxyl groups is 1. The Morgan fingerprint density at radius 3 is 2.79 bits per heavy atom. The zero-order valence-electron chi connectivity index (χ0n) is 11.8. The minimum absolute atomic E-state index is 0.0226. The van der Waals surface area contributed by atoms with Crippen LogP contribution in [0.25, 0.3) is 0 Å². The topological polar surface area (TPSA) is 32.7 Å². The zero-order valence-corrected chi connectivity index (χ0v) is 12.6. The van der Waals surface area contributed by atoms with Crippen molar-refractivity contribution in [2.45, 2.75) is 51.7 Å². The minimum atomic E-state index is 0.0226. The van der Waals surface area contributed by atoms with Crippen molar-refractivity contribution in [3.8, 4) is 11.5 Å². The number of hydrogen-bond donors (Lipinski definition) is 1. The van der Waals surface area contributed by atoms with Crippen molar-refractivity contribution in [2.75, 3.05) is 7.11 Å². The van der Waals surface area contributed by atoms with Crippen LogP contribution in [-0.2, 0) is 6.54 Å². The fraction of sp³-hybridized carbons (Fsp3) is 0.600.